The molecule has 31 heavy (non-hydrogen) atoms. The third-order valence-corrected chi connectivity index (χ3v) is 7.41. The normalized spacial score (nSPS) is 13.5. The molecule has 1 aromatic carbocycles. The maximum Gasteiger partial charge on any atom is 0.264 e. The first-order valence-corrected chi connectivity index (χ1v) is 11.4. The van der Waals surface area contributed by atoms with Crippen LogP contribution in [0.2, 0.25) is 0 Å². The van der Waals surface area contributed by atoms with Crippen molar-refractivity contribution in [3.05, 3.63) is 77.0 Å². The minimum absolute atomic E-state index is 0.0105. The summed E-state index contributed by atoms with van der Waals surface area (Å²) in [6.07, 6.45) is 5.81. The Morgan fingerprint density at radius 3 is 2.52 bits per heavy atom. The van der Waals surface area contributed by atoms with Crippen molar-refractivity contribution in [1.29, 1.82) is 0 Å². The predicted molar refractivity (Wildman–Crippen MR) is 115 cm³/mol. The molecule has 0 aliphatic heterocycles. The molecule has 1 unspecified atom stereocenters. The number of hydroxylamine groups is 1. The molecule has 2 aromatic heterocycles. The van der Waals surface area contributed by atoms with E-state index in [9.17, 15) is 18.0 Å². The van der Waals surface area contributed by atoms with Gasteiger partial charge in [0, 0.05) is 36.8 Å². The van der Waals surface area contributed by atoms with Crippen LogP contribution in [0.3, 0.4) is 0 Å². The van der Waals surface area contributed by atoms with E-state index in [0.717, 1.165) is 17.4 Å². The van der Waals surface area contributed by atoms with Crippen LogP contribution in [0.4, 0.5) is 0 Å². The number of amides is 1. The van der Waals surface area contributed by atoms with Crippen molar-refractivity contribution in [1.82, 2.24) is 19.8 Å². The largest absolute Gasteiger partial charge is 0.315 e. The van der Waals surface area contributed by atoms with E-state index < -0.39 is 20.5 Å². The van der Waals surface area contributed by atoms with Crippen LogP contribution < -0.4 is 11.0 Å². The molecule has 0 saturated carbocycles. The van der Waals surface area contributed by atoms with Crippen LogP contribution in [0.5, 0.6) is 0 Å². The van der Waals surface area contributed by atoms with Gasteiger partial charge in [0.2, 0.25) is 0 Å². The number of aryl methyl sites for hydroxylation is 1. The number of hydrogen-bond acceptors (Lipinski definition) is 6. The van der Waals surface area contributed by atoms with Crippen LogP contribution >= 0.6 is 0 Å². The molecule has 2 heterocycles. The van der Waals surface area contributed by atoms with E-state index in [2.05, 4.69) is 5.10 Å². The summed E-state index contributed by atoms with van der Waals surface area (Å²) in [4.78, 5) is 24.5. The van der Waals surface area contributed by atoms with Gasteiger partial charge in [-0.05, 0) is 30.5 Å². The van der Waals surface area contributed by atoms with Crippen molar-refractivity contribution in [3.8, 4) is 11.1 Å². The van der Waals surface area contributed by atoms with E-state index in [4.69, 9.17) is 5.21 Å². The van der Waals surface area contributed by atoms with Gasteiger partial charge in [-0.2, -0.15) is 5.10 Å². The van der Waals surface area contributed by atoms with Crippen LogP contribution in [-0.4, -0.2) is 44.9 Å². The molecule has 164 valence electrons. The second-order valence-electron chi connectivity index (χ2n) is 7.55. The predicted octanol–water partition coefficient (Wildman–Crippen LogP) is 1.46. The van der Waals surface area contributed by atoms with Crippen molar-refractivity contribution >= 4 is 15.7 Å². The fourth-order valence-electron chi connectivity index (χ4n) is 3.16. The smallest absolute Gasteiger partial charge is 0.264 e. The first kappa shape index (κ1) is 22.4. The summed E-state index contributed by atoms with van der Waals surface area (Å²) < 4.78 is 25.4. The first-order chi connectivity index (χ1) is 14.6. The molecule has 1 amide bonds. The van der Waals surface area contributed by atoms with Gasteiger partial charge >= 0.3 is 0 Å². The number of nitrogens with zero attached hydrogens (tertiary/aromatic N) is 3. The number of pyridine rings is 1. The molecule has 0 aliphatic carbocycles. The summed E-state index contributed by atoms with van der Waals surface area (Å²) in [5.74, 6) is -1.04. The highest BCUT2D eigenvalue weighted by Crippen LogP contribution is 2.22. The Labute approximate surface area is 179 Å². The van der Waals surface area contributed by atoms with Crippen LogP contribution in [-0.2, 0) is 27.7 Å². The summed E-state index contributed by atoms with van der Waals surface area (Å²) in [7, 11) is -3.83. The third-order valence-electron chi connectivity index (χ3n) is 5.38. The minimum Gasteiger partial charge on any atom is -0.315 e. The molecule has 0 spiro atoms. The summed E-state index contributed by atoms with van der Waals surface area (Å²) in [6.45, 7) is 1.81. The van der Waals surface area contributed by atoms with Gasteiger partial charge in [0.25, 0.3) is 11.5 Å². The van der Waals surface area contributed by atoms with Gasteiger partial charge in [0.15, 0.2) is 14.6 Å². The monoisotopic (exact) mass is 444 g/mol. The number of sulfone groups is 1. The zero-order valence-electron chi connectivity index (χ0n) is 17.2. The van der Waals surface area contributed by atoms with Gasteiger partial charge < -0.3 is 4.57 Å². The van der Waals surface area contributed by atoms with E-state index in [1.807, 2.05) is 36.5 Å². The molecular weight excluding hydrogens is 420 g/mol. The minimum atomic E-state index is -3.83. The van der Waals surface area contributed by atoms with Crippen molar-refractivity contribution in [2.24, 2.45) is 0 Å². The topological polar surface area (TPSA) is 123 Å². The number of carbonyl (C=O) groups is 1. The Bertz CT molecular complexity index is 1230. The standard InChI is InChI=1S/C21H24N4O5S/c1-21(20(27)23-28,31(2,29)30)9-11-24-10-8-17(12-19(24)26)18-13-22-25(15-18)14-16-6-4-3-5-7-16/h3-8,10,12-13,15,28H,9,11,14H2,1-2H3,(H,23,27). The highest BCUT2D eigenvalue weighted by molar-refractivity contribution is 7.92. The van der Waals surface area contributed by atoms with Crippen molar-refractivity contribution in [3.63, 3.8) is 0 Å². The molecule has 10 heteroatoms. The van der Waals surface area contributed by atoms with E-state index in [1.54, 1.807) is 23.1 Å². The summed E-state index contributed by atoms with van der Waals surface area (Å²) >= 11 is 0. The molecule has 9 nitrogen and oxygen atoms in total. The van der Waals surface area contributed by atoms with Crippen LogP contribution in [0.1, 0.15) is 18.9 Å². The second kappa shape index (κ2) is 8.86. The van der Waals surface area contributed by atoms with E-state index in [0.29, 0.717) is 12.1 Å². The Morgan fingerprint density at radius 1 is 1.19 bits per heavy atom. The first-order valence-electron chi connectivity index (χ1n) is 9.55. The van der Waals surface area contributed by atoms with Crippen molar-refractivity contribution in [2.45, 2.75) is 31.2 Å². The number of benzene rings is 1. The van der Waals surface area contributed by atoms with Crippen LogP contribution in [0.15, 0.2) is 65.8 Å². The molecule has 3 rings (SSSR count). The van der Waals surface area contributed by atoms with Crippen molar-refractivity contribution in [2.75, 3.05) is 6.26 Å². The molecule has 3 aromatic rings. The second-order valence-corrected chi connectivity index (χ2v) is 10.00. The Hall–Kier alpha value is -3.24. The van der Waals surface area contributed by atoms with Gasteiger partial charge in [-0.25, -0.2) is 13.9 Å². The summed E-state index contributed by atoms with van der Waals surface area (Å²) in [5, 5.41) is 13.2. The zero-order chi connectivity index (χ0) is 22.6. The quantitative estimate of drug-likeness (QED) is 0.401. The third kappa shape index (κ3) is 4.92. The molecule has 0 bridgehead atoms. The van der Waals surface area contributed by atoms with Crippen LogP contribution in [0.25, 0.3) is 11.1 Å². The average Bonchev–Trinajstić information content (AvgIpc) is 3.20. The maximum absolute atomic E-state index is 12.6. The van der Waals surface area contributed by atoms with E-state index in [-0.39, 0.29) is 18.5 Å². The fraction of sp³-hybridized carbons (Fsp3) is 0.286. The zero-order valence-corrected chi connectivity index (χ0v) is 18.0. The molecule has 0 fully saturated rings. The molecule has 0 radical (unpaired) electrons. The van der Waals surface area contributed by atoms with Crippen molar-refractivity contribution < 1.29 is 18.4 Å². The van der Waals surface area contributed by atoms with Gasteiger partial charge in [0.05, 0.1) is 12.7 Å². The van der Waals surface area contributed by atoms with Gasteiger partial charge in [-0.3, -0.25) is 19.5 Å². The van der Waals surface area contributed by atoms with Gasteiger partial charge in [-0.1, -0.05) is 30.3 Å². The average molecular weight is 445 g/mol. The number of nitrogens with one attached hydrogen (secondary N) is 1. The fourth-order valence-corrected chi connectivity index (χ4v) is 4.01. The SMILES string of the molecule is CC(CCn1ccc(-c2cnn(Cc3ccccc3)c2)cc1=O)(C(=O)NO)S(C)(=O)=O. The Morgan fingerprint density at radius 2 is 1.90 bits per heavy atom. The van der Waals surface area contributed by atoms with Crippen LogP contribution in [0, 0.1) is 0 Å². The van der Waals surface area contributed by atoms with Gasteiger partial charge in [-0.15, -0.1) is 0 Å². The lowest BCUT2D eigenvalue weighted by Gasteiger charge is -2.25. The molecule has 0 saturated heterocycles. The molecule has 2 N–H and O–H groups in total. The molecule has 0 aliphatic rings. The number of rotatable bonds is 8. The molecular formula is C21H24N4O5S. The number of carbonyl (C=O) groups excluding carboxylic acids is 1. The number of aromatic nitrogens is 3. The highest BCUT2D eigenvalue weighted by atomic mass is 32.2. The Kier molecular flexibility index (Phi) is 6.42. The van der Waals surface area contributed by atoms with E-state index >= 15 is 0 Å². The lowest BCUT2D eigenvalue weighted by atomic mass is 10.1. The lowest BCUT2D eigenvalue weighted by molar-refractivity contribution is -0.131. The highest BCUT2D eigenvalue weighted by Gasteiger charge is 2.43. The summed E-state index contributed by atoms with van der Waals surface area (Å²) in [6, 6.07) is 13.0. The maximum atomic E-state index is 12.6. The van der Waals surface area contributed by atoms with E-state index in [1.165, 1.54) is 23.0 Å². The van der Waals surface area contributed by atoms with Gasteiger partial charge in [0.1, 0.15) is 0 Å². The molecule has 1 atom stereocenters. The summed E-state index contributed by atoms with van der Waals surface area (Å²) in [5.41, 5.74) is 3.62. The number of hydrogen-bond donors (Lipinski definition) is 2. The lowest BCUT2D eigenvalue weighted by Crippen LogP contribution is -2.49. The Balaban J connectivity index is 1.76.